The van der Waals surface area contributed by atoms with E-state index >= 15 is 0 Å². The molecule has 3 aromatic carbocycles. The Bertz CT molecular complexity index is 1070. The quantitative estimate of drug-likeness (QED) is 0.565. The highest BCUT2D eigenvalue weighted by molar-refractivity contribution is 6.30. The second-order valence-electron chi connectivity index (χ2n) is 6.52. The van der Waals surface area contributed by atoms with Crippen LogP contribution in [0.25, 0.3) is 10.8 Å². The number of nitrogens with one attached hydrogen (secondary N) is 1. The number of anilines is 1. The molecule has 0 aliphatic carbocycles. The van der Waals surface area contributed by atoms with Crippen LogP contribution in [0.15, 0.2) is 66.7 Å². The molecule has 0 spiro atoms. The van der Waals surface area contributed by atoms with Crippen LogP contribution in [0.2, 0.25) is 5.02 Å². The van der Waals surface area contributed by atoms with Crippen LogP contribution in [0.5, 0.6) is 0 Å². The van der Waals surface area contributed by atoms with Gasteiger partial charge in [0, 0.05) is 5.02 Å². The van der Waals surface area contributed by atoms with Gasteiger partial charge in [0.2, 0.25) is 5.95 Å². The Balaban J connectivity index is 1.62. The number of halogens is 1. The molecule has 26 heavy (non-hydrogen) atoms. The standard InChI is InChI=1S/C20H16ClN5/c21-15-10-8-14(9-11-15)18-12-19(26-20(22-18)23-24-25-26)17-7-3-5-13-4-1-2-6-16(13)17/h1-11,18-19H,12H2,(H,22,23,25). The van der Waals surface area contributed by atoms with Gasteiger partial charge in [-0.1, -0.05) is 71.3 Å². The Morgan fingerprint density at radius 3 is 2.65 bits per heavy atom. The minimum atomic E-state index is 0.0630. The first-order valence-corrected chi connectivity index (χ1v) is 8.95. The molecule has 0 amide bonds. The van der Waals surface area contributed by atoms with E-state index in [0.29, 0.717) is 5.95 Å². The minimum Gasteiger partial charge on any atom is -0.346 e. The topological polar surface area (TPSA) is 55.6 Å². The summed E-state index contributed by atoms with van der Waals surface area (Å²) in [6, 6.07) is 23.0. The van der Waals surface area contributed by atoms with Gasteiger partial charge >= 0.3 is 0 Å². The molecule has 0 fully saturated rings. The van der Waals surface area contributed by atoms with Gasteiger partial charge in [-0.25, -0.2) is 4.68 Å². The van der Waals surface area contributed by atoms with Crippen molar-refractivity contribution in [3.63, 3.8) is 0 Å². The second-order valence-corrected chi connectivity index (χ2v) is 6.95. The molecule has 0 radical (unpaired) electrons. The van der Waals surface area contributed by atoms with Crippen molar-refractivity contribution in [3.05, 3.63) is 82.9 Å². The van der Waals surface area contributed by atoms with E-state index in [2.05, 4.69) is 75.4 Å². The van der Waals surface area contributed by atoms with E-state index in [1.54, 1.807) is 0 Å². The lowest BCUT2D eigenvalue weighted by molar-refractivity contribution is 0.426. The third-order valence-electron chi connectivity index (χ3n) is 5.01. The van der Waals surface area contributed by atoms with Gasteiger partial charge in [-0.2, -0.15) is 0 Å². The highest BCUT2D eigenvalue weighted by Gasteiger charge is 2.31. The summed E-state index contributed by atoms with van der Waals surface area (Å²) in [5.74, 6) is 0.689. The molecule has 0 saturated carbocycles. The fourth-order valence-electron chi connectivity index (χ4n) is 3.75. The minimum absolute atomic E-state index is 0.0630. The molecule has 2 unspecified atom stereocenters. The van der Waals surface area contributed by atoms with Crippen molar-refractivity contribution in [1.82, 2.24) is 20.2 Å². The molecular formula is C20H16ClN5. The smallest absolute Gasteiger partial charge is 0.243 e. The summed E-state index contributed by atoms with van der Waals surface area (Å²) in [6.07, 6.45) is 0.855. The molecule has 1 N–H and O–H groups in total. The average molecular weight is 362 g/mol. The first-order chi connectivity index (χ1) is 12.8. The maximum Gasteiger partial charge on any atom is 0.243 e. The van der Waals surface area contributed by atoms with Crippen LogP contribution < -0.4 is 5.32 Å². The molecule has 1 aliphatic heterocycles. The highest BCUT2D eigenvalue weighted by atomic mass is 35.5. The summed E-state index contributed by atoms with van der Waals surface area (Å²) in [4.78, 5) is 0. The van der Waals surface area contributed by atoms with Gasteiger partial charge in [0.15, 0.2) is 0 Å². The number of rotatable bonds is 2. The van der Waals surface area contributed by atoms with Crippen molar-refractivity contribution in [2.24, 2.45) is 0 Å². The number of nitrogens with zero attached hydrogens (tertiary/aromatic N) is 4. The lowest BCUT2D eigenvalue weighted by atomic mass is 9.90. The summed E-state index contributed by atoms with van der Waals surface area (Å²) in [6.45, 7) is 0. The molecule has 128 valence electrons. The maximum atomic E-state index is 6.05. The van der Waals surface area contributed by atoms with Crippen molar-refractivity contribution < 1.29 is 0 Å². The molecule has 2 atom stereocenters. The van der Waals surface area contributed by atoms with Crippen molar-refractivity contribution in [1.29, 1.82) is 0 Å². The average Bonchev–Trinajstić information content (AvgIpc) is 3.16. The van der Waals surface area contributed by atoms with Gasteiger partial charge in [-0.15, -0.1) is 0 Å². The van der Waals surface area contributed by atoms with E-state index in [1.165, 1.54) is 21.9 Å². The largest absolute Gasteiger partial charge is 0.346 e. The Morgan fingerprint density at radius 1 is 0.962 bits per heavy atom. The Hall–Kier alpha value is -2.92. The van der Waals surface area contributed by atoms with Gasteiger partial charge in [-0.05, 0) is 50.9 Å². The number of hydrogen-bond acceptors (Lipinski definition) is 4. The Labute approximate surface area is 155 Å². The van der Waals surface area contributed by atoms with Crippen molar-refractivity contribution in [3.8, 4) is 0 Å². The molecule has 0 saturated heterocycles. The first kappa shape index (κ1) is 15.3. The molecular weight excluding hydrogens is 346 g/mol. The SMILES string of the molecule is Clc1ccc(C2CC(c3cccc4ccccc34)n3nnnc3N2)cc1. The van der Waals surface area contributed by atoms with Crippen LogP contribution in [0.1, 0.15) is 29.6 Å². The van der Waals surface area contributed by atoms with Crippen LogP contribution >= 0.6 is 11.6 Å². The van der Waals surface area contributed by atoms with Gasteiger partial charge in [0.25, 0.3) is 0 Å². The molecule has 0 bridgehead atoms. The summed E-state index contributed by atoms with van der Waals surface area (Å²) < 4.78 is 1.88. The Morgan fingerprint density at radius 2 is 1.77 bits per heavy atom. The number of benzene rings is 3. The predicted octanol–water partition coefficient (Wildman–Crippen LogP) is 4.63. The van der Waals surface area contributed by atoms with Gasteiger partial charge in [0.1, 0.15) is 0 Å². The van der Waals surface area contributed by atoms with Gasteiger partial charge in [0.05, 0.1) is 12.1 Å². The number of aromatic nitrogens is 4. The molecule has 5 rings (SSSR count). The van der Waals surface area contributed by atoms with Crippen LogP contribution in [0.3, 0.4) is 0 Å². The molecule has 6 heteroatoms. The van der Waals surface area contributed by atoms with Crippen LogP contribution in [-0.2, 0) is 0 Å². The summed E-state index contributed by atoms with van der Waals surface area (Å²) >= 11 is 6.05. The van der Waals surface area contributed by atoms with E-state index in [9.17, 15) is 0 Å². The van der Waals surface area contributed by atoms with Crippen LogP contribution in [0.4, 0.5) is 5.95 Å². The van der Waals surface area contributed by atoms with Crippen molar-refractivity contribution in [2.45, 2.75) is 18.5 Å². The monoisotopic (exact) mass is 361 g/mol. The zero-order chi connectivity index (χ0) is 17.5. The van der Waals surface area contributed by atoms with Crippen LogP contribution in [0, 0.1) is 0 Å². The molecule has 1 aromatic heterocycles. The zero-order valence-electron chi connectivity index (χ0n) is 13.9. The third-order valence-corrected chi connectivity index (χ3v) is 5.26. The van der Waals surface area contributed by atoms with E-state index in [1.807, 2.05) is 16.8 Å². The van der Waals surface area contributed by atoms with Gasteiger partial charge in [-0.3, -0.25) is 0 Å². The Kier molecular flexibility index (Phi) is 3.60. The normalized spacial score (nSPS) is 19.1. The maximum absolute atomic E-state index is 6.05. The molecule has 5 nitrogen and oxygen atoms in total. The third kappa shape index (κ3) is 2.52. The predicted molar refractivity (Wildman–Crippen MR) is 102 cm³/mol. The van der Waals surface area contributed by atoms with E-state index in [4.69, 9.17) is 11.6 Å². The fourth-order valence-corrected chi connectivity index (χ4v) is 3.88. The van der Waals surface area contributed by atoms with E-state index < -0.39 is 0 Å². The lowest BCUT2D eigenvalue weighted by Gasteiger charge is -2.31. The van der Waals surface area contributed by atoms with E-state index in [0.717, 1.165) is 11.4 Å². The fraction of sp³-hybridized carbons (Fsp3) is 0.150. The molecule has 1 aliphatic rings. The number of hydrogen-bond donors (Lipinski definition) is 1. The van der Waals surface area contributed by atoms with E-state index in [-0.39, 0.29) is 12.1 Å². The number of tetrazole rings is 1. The lowest BCUT2D eigenvalue weighted by Crippen LogP contribution is -2.28. The second kappa shape index (κ2) is 6.11. The first-order valence-electron chi connectivity index (χ1n) is 8.57. The van der Waals surface area contributed by atoms with Crippen molar-refractivity contribution >= 4 is 28.3 Å². The highest BCUT2D eigenvalue weighted by Crippen LogP contribution is 2.39. The van der Waals surface area contributed by atoms with Crippen molar-refractivity contribution in [2.75, 3.05) is 5.32 Å². The van der Waals surface area contributed by atoms with Gasteiger partial charge < -0.3 is 5.32 Å². The zero-order valence-corrected chi connectivity index (χ0v) is 14.6. The molecule has 2 heterocycles. The summed E-state index contributed by atoms with van der Waals surface area (Å²) in [5, 5.41) is 18.9. The van der Waals surface area contributed by atoms with Crippen LogP contribution in [-0.4, -0.2) is 20.2 Å². The number of fused-ring (bicyclic) bond motifs is 2. The molecule has 4 aromatic rings. The summed E-state index contributed by atoms with van der Waals surface area (Å²) in [7, 11) is 0. The summed E-state index contributed by atoms with van der Waals surface area (Å²) in [5.41, 5.74) is 2.41.